The first-order valence-electron chi connectivity index (χ1n) is 6.83. The summed E-state index contributed by atoms with van der Waals surface area (Å²) in [7, 11) is -3.78. The molecule has 7 heteroatoms. The summed E-state index contributed by atoms with van der Waals surface area (Å²) in [6.07, 6.45) is 0.746. The van der Waals surface area contributed by atoms with Crippen LogP contribution in [0.4, 0.5) is 0 Å². The molecular weight excluding hydrogens is 292 g/mol. The average molecular weight is 316 g/mol. The van der Waals surface area contributed by atoms with Gasteiger partial charge in [0.25, 0.3) is 15.9 Å². The standard InChI is InChI=1S/C14H24N2O4S/c1-7-14(5,6)15-12(17)10-8-9-11(20-10)21(18,19)16-13(2,3)4/h8-9,16H,7H2,1-6H3,(H,15,17). The number of furan rings is 1. The van der Waals surface area contributed by atoms with Gasteiger partial charge < -0.3 is 9.73 Å². The maximum Gasteiger partial charge on any atom is 0.287 e. The molecule has 0 spiro atoms. The lowest BCUT2D eigenvalue weighted by molar-refractivity contribution is 0.0877. The minimum atomic E-state index is -3.78. The van der Waals surface area contributed by atoms with Crippen LogP contribution < -0.4 is 10.0 Å². The van der Waals surface area contributed by atoms with Crippen molar-refractivity contribution in [2.45, 2.75) is 64.1 Å². The van der Waals surface area contributed by atoms with E-state index in [9.17, 15) is 13.2 Å². The van der Waals surface area contributed by atoms with Crippen molar-refractivity contribution >= 4 is 15.9 Å². The molecule has 1 amide bonds. The monoisotopic (exact) mass is 316 g/mol. The second-order valence-electron chi connectivity index (χ2n) is 6.67. The molecule has 1 aromatic rings. The summed E-state index contributed by atoms with van der Waals surface area (Å²) in [6.45, 7) is 10.9. The molecule has 1 heterocycles. The normalized spacial score (nSPS) is 13.2. The van der Waals surface area contributed by atoms with Gasteiger partial charge in [0.1, 0.15) is 0 Å². The molecular formula is C14H24N2O4S. The summed E-state index contributed by atoms with van der Waals surface area (Å²) in [5, 5.41) is 2.52. The van der Waals surface area contributed by atoms with Gasteiger partial charge >= 0.3 is 0 Å². The lowest BCUT2D eigenvalue weighted by atomic mass is 10.0. The van der Waals surface area contributed by atoms with Gasteiger partial charge in [0.05, 0.1) is 0 Å². The van der Waals surface area contributed by atoms with Gasteiger partial charge in [-0.15, -0.1) is 0 Å². The Morgan fingerprint density at radius 3 is 2.24 bits per heavy atom. The smallest absolute Gasteiger partial charge is 0.287 e. The number of nitrogens with one attached hydrogen (secondary N) is 2. The molecule has 0 unspecified atom stereocenters. The molecule has 21 heavy (non-hydrogen) atoms. The number of sulfonamides is 1. The predicted octanol–water partition coefficient (Wildman–Crippen LogP) is 2.27. The minimum absolute atomic E-state index is 0.0224. The number of amides is 1. The molecule has 0 radical (unpaired) electrons. The third-order valence-electron chi connectivity index (χ3n) is 2.85. The first kappa shape index (κ1) is 17.7. The molecule has 1 aromatic heterocycles. The van der Waals surface area contributed by atoms with Gasteiger partial charge in [-0.2, -0.15) is 0 Å². The third kappa shape index (κ3) is 5.17. The molecule has 0 saturated heterocycles. The predicted molar refractivity (Wildman–Crippen MR) is 80.6 cm³/mol. The fraction of sp³-hybridized carbons (Fsp3) is 0.643. The average Bonchev–Trinajstić information content (AvgIpc) is 2.75. The molecule has 0 saturated carbocycles. The molecule has 0 bridgehead atoms. The van der Waals surface area contributed by atoms with Gasteiger partial charge in [-0.05, 0) is 53.2 Å². The van der Waals surface area contributed by atoms with Crippen LogP contribution in [0.3, 0.4) is 0 Å². The zero-order chi connectivity index (χ0) is 16.5. The summed E-state index contributed by atoms with van der Waals surface area (Å²) in [6, 6.07) is 2.64. The highest BCUT2D eigenvalue weighted by molar-refractivity contribution is 7.89. The van der Waals surface area contributed by atoms with Crippen LogP contribution in [0.15, 0.2) is 21.6 Å². The van der Waals surface area contributed by atoms with Crippen LogP contribution in [-0.2, 0) is 10.0 Å². The number of carbonyl (C=O) groups excluding carboxylic acids is 1. The second kappa shape index (κ2) is 5.81. The van der Waals surface area contributed by atoms with E-state index in [1.807, 2.05) is 20.8 Å². The Morgan fingerprint density at radius 2 is 1.76 bits per heavy atom. The fourth-order valence-corrected chi connectivity index (χ4v) is 2.85. The highest BCUT2D eigenvalue weighted by Gasteiger charge is 2.27. The van der Waals surface area contributed by atoms with Crippen molar-refractivity contribution in [1.82, 2.24) is 10.0 Å². The van der Waals surface area contributed by atoms with Gasteiger partial charge in [0, 0.05) is 11.1 Å². The van der Waals surface area contributed by atoms with Crippen molar-refractivity contribution in [3.05, 3.63) is 17.9 Å². The zero-order valence-corrected chi connectivity index (χ0v) is 14.2. The van der Waals surface area contributed by atoms with E-state index in [2.05, 4.69) is 10.0 Å². The van der Waals surface area contributed by atoms with Gasteiger partial charge in [0.2, 0.25) is 5.09 Å². The summed E-state index contributed by atoms with van der Waals surface area (Å²) < 4.78 is 31.8. The number of hydrogen-bond acceptors (Lipinski definition) is 4. The van der Waals surface area contributed by atoms with Crippen LogP contribution in [0.25, 0.3) is 0 Å². The topological polar surface area (TPSA) is 88.4 Å². The highest BCUT2D eigenvalue weighted by Crippen LogP contribution is 2.17. The molecule has 1 rings (SSSR count). The van der Waals surface area contributed by atoms with E-state index in [0.717, 1.165) is 6.42 Å². The minimum Gasteiger partial charge on any atom is -0.438 e. The van der Waals surface area contributed by atoms with Gasteiger partial charge in [-0.3, -0.25) is 4.79 Å². The highest BCUT2D eigenvalue weighted by atomic mass is 32.2. The molecule has 120 valence electrons. The number of hydrogen-bond donors (Lipinski definition) is 2. The van der Waals surface area contributed by atoms with Crippen LogP contribution in [-0.4, -0.2) is 25.4 Å². The lowest BCUT2D eigenvalue weighted by Gasteiger charge is -2.23. The second-order valence-corrected chi connectivity index (χ2v) is 8.28. The molecule has 0 aliphatic rings. The Labute approximate surface area is 126 Å². The van der Waals surface area contributed by atoms with Crippen LogP contribution in [0, 0.1) is 0 Å². The van der Waals surface area contributed by atoms with Crippen LogP contribution in [0.5, 0.6) is 0 Å². The number of rotatable bonds is 5. The summed E-state index contributed by atoms with van der Waals surface area (Å²) >= 11 is 0. The van der Waals surface area contributed by atoms with E-state index >= 15 is 0 Å². The van der Waals surface area contributed by atoms with Crippen LogP contribution in [0.2, 0.25) is 0 Å². The molecule has 0 fully saturated rings. The Kier molecular flexibility index (Phi) is 4.90. The Bertz CT molecular complexity index is 609. The molecule has 6 nitrogen and oxygen atoms in total. The van der Waals surface area contributed by atoms with Gasteiger partial charge in [0.15, 0.2) is 5.76 Å². The van der Waals surface area contributed by atoms with Gasteiger partial charge in [-0.1, -0.05) is 6.92 Å². The van der Waals surface area contributed by atoms with Crippen molar-refractivity contribution in [3.8, 4) is 0 Å². The summed E-state index contributed by atoms with van der Waals surface area (Å²) in [4.78, 5) is 12.0. The largest absolute Gasteiger partial charge is 0.438 e. The molecule has 0 aromatic carbocycles. The molecule has 2 N–H and O–H groups in total. The fourth-order valence-electron chi connectivity index (χ4n) is 1.50. The van der Waals surface area contributed by atoms with Crippen LogP contribution >= 0.6 is 0 Å². The maximum absolute atomic E-state index is 12.1. The molecule has 0 atom stereocenters. The van der Waals surface area contributed by atoms with E-state index in [0.29, 0.717) is 0 Å². The third-order valence-corrected chi connectivity index (χ3v) is 4.48. The van der Waals surface area contributed by atoms with E-state index < -0.39 is 21.5 Å². The Balaban J connectivity index is 2.94. The van der Waals surface area contributed by atoms with Crippen molar-refractivity contribution in [3.63, 3.8) is 0 Å². The van der Waals surface area contributed by atoms with Gasteiger partial charge in [-0.25, -0.2) is 13.1 Å². The van der Waals surface area contributed by atoms with Crippen molar-refractivity contribution < 1.29 is 17.6 Å². The van der Waals surface area contributed by atoms with E-state index in [-0.39, 0.29) is 16.4 Å². The lowest BCUT2D eigenvalue weighted by Crippen LogP contribution is -2.42. The van der Waals surface area contributed by atoms with Crippen molar-refractivity contribution in [1.29, 1.82) is 0 Å². The Hall–Kier alpha value is -1.34. The van der Waals surface area contributed by atoms with Crippen molar-refractivity contribution in [2.24, 2.45) is 0 Å². The zero-order valence-electron chi connectivity index (χ0n) is 13.4. The summed E-state index contributed by atoms with van der Waals surface area (Å²) in [5.41, 5.74) is -1.01. The van der Waals surface area contributed by atoms with Crippen molar-refractivity contribution in [2.75, 3.05) is 0 Å². The molecule has 0 aliphatic heterocycles. The van der Waals surface area contributed by atoms with E-state index in [1.54, 1.807) is 20.8 Å². The van der Waals surface area contributed by atoms with E-state index in [1.165, 1.54) is 12.1 Å². The van der Waals surface area contributed by atoms with E-state index in [4.69, 9.17) is 4.42 Å². The quantitative estimate of drug-likeness (QED) is 0.872. The molecule has 0 aliphatic carbocycles. The Morgan fingerprint density at radius 1 is 1.19 bits per heavy atom. The SMILES string of the molecule is CCC(C)(C)NC(=O)c1ccc(S(=O)(=O)NC(C)(C)C)o1. The maximum atomic E-state index is 12.1. The first-order chi connectivity index (χ1) is 9.36. The first-order valence-corrected chi connectivity index (χ1v) is 8.31. The summed E-state index contributed by atoms with van der Waals surface area (Å²) in [5.74, 6) is -0.454. The number of carbonyl (C=O) groups is 1. The van der Waals surface area contributed by atoms with Crippen LogP contribution in [0.1, 0.15) is 58.5 Å².